The molecule has 0 unspecified atom stereocenters. The highest BCUT2D eigenvalue weighted by atomic mass is 32.1. The average molecular weight is 344 g/mol. The summed E-state index contributed by atoms with van der Waals surface area (Å²) in [6, 6.07) is 10.7. The molecule has 1 saturated carbocycles. The van der Waals surface area contributed by atoms with E-state index in [0.29, 0.717) is 17.1 Å². The smallest absolute Gasteiger partial charge is 0.265 e. The lowest BCUT2D eigenvalue weighted by atomic mass is 9.94. The Morgan fingerprint density at radius 1 is 1.29 bits per heavy atom. The van der Waals surface area contributed by atoms with Crippen LogP contribution in [0, 0.1) is 6.92 Å². The quantitative estimate of drug-likeness (QED) is 0.844. The van der Waals surface area contributed by atoms with Crippen LogP contribution in [0.3, 0.4) is 0 Å². The zero-order chi connectivity index (χ0) is 17.0. The summed E-state index contributed by atoms with van der Waals surface area (Å²) in [6.45, 7) is 4.65. The third-order valence-electron chi connectivity index (χ3n) is 4.83. The van der Waals surface area contributed by atoms with E-state index in [1.165, 1.54) is 18.4 Å². The zero-order valence-corrected chi connectivity index (χ0v) is 15.0. The molecule has 1 aromatic heterocycles. The van der Waals surface area contributed by atoms with Gasteiger partial charge >= 0.3 is 0 Å². The number of nitrogens with one attached hydrogen (secondary N) is 2. The topological polar surface area (TPSA) is 66.9 Å². The largest absolute Gasteiger partial charge is 0.349 e. The van der Waals surface area contributed by atoms with Crippen LogP contribution in [-0.2, 0) is 0 Å². The summed E-state index contributed by atoms with van der Waals surface area (Å²) >= 11 is 1.16. The minimum absolute atomic E-state index is 0.0308. The van der Waals surface area contributed by atoms with E-state index in [9.17, 15) is 4.79 Å². The highest BCUT2D eigenvalue weighted by molar-refractivity contribution is 7.07. The number of rotatable bonds is 6. The van der Waals surface area contributed by atoms with E-state index in [2.05, 4.69) is 51.4 Å². The molecule has 1 aliphatic carbocycles. The molecule has 0 bridgehead atoms. The Hall–Kier alpha value is -1.79. The summed E-state index contributed by atoms with van der Waals surface area (Å²) < 4.78 is 3.84. The van der Waals surface area contributed by atoms with Crippen molar-refractivity contribution in [1.82, 2.24) is 20.2 Å². The second-order valence-corrected chi connectivity index (χ2v) is 7.39. The number of amides is 1. The minimum atomic E-state index is -0.0667. The molecule has 3 rings (SSSR count). The fourth-order valence-electron chi connectivity index (χ4n) is 3.48. The van der Waals surface area contributed by atoms with Crippen LogP contribution in [0.5, 0.6) is 0 Å². The molecule has 2 aromatic rings. The van der Waals surface area contributed by atoms with Crippen molar-refractivity contribution in [3.05, 3.63) is 46.5 Å². The molecule has 1 aliphatic rings. The molecule has 128 valence electrons. The second-order valence-electron chi connectivity index (χ2n) is 6.63. The molecule has 0 aliphatic heterocycles. The van der Waals surface area contributed by atoms with Gasteiger partial charge in [0, 0.05) is 18.1 Å². The van der Waals surface area contributed by atoms with Gasteiger partial charge in [-0.3, -0.25) is 4.79 Å². The third-order valence-corrected chi connectivity index (χ3v) is 5.65. The highest BCUT2D eigenvalue weighted by Gasteiger charge is 2.35. The Balaban J connectivity index is 1.65. The number of carbonyl (C=O) groups excluding carboxylic acids is 1. The maximum atomic E-state index is 12.4. The van der Waals surface area contributed by atoms with Crippen LogP contribution < -0.4 is 10.6 Å². The SMILES string of the molecule is Cc1nnsc1C(=O)NCC1(N[C@@H](C)c2ccccc2)CCCC1. The summed E-state index contributed by atoms with van der Waals surface area (Å²) in [7, 11) is 0. The van der Waals surface area contributed by atoms with Gasteiger partial charge in [-0.05, 0) is 43.8 Å². The van der Waals surface area contributed by atoms with E-state index in [1.807, 2.05) is 13.0 Å². The van der Waals surface area contributed by atoms with E-state index in [1.54, 1.807) is 0 Å². The van der Waals surface area contributed by atoms with Gasteiger partial charge in [0.25, 0.3) is 5.91 Å². The van der Waals surface area contributed by atoms with Crippen molar-refractivity contribution >= 4 is 17.4 Å². The summed E-state index contributed by atoms with van der Waals surface area (Å²) in [4.78, 5) is 13.0. The Morgan fingerprint density at radius 2 is 2.00 bits per heavy atom. The minimum Gasteiger partial charge on any atom is -0.349 e. The number of aromatic nitrogens is 2. The van der Waals surface area contributed by atoms with E-state index in [0.717, 1.165) is 24.4 Å². The molecule has 0 spiro atoms. The van der Waals surface area contributed by atoms with Crippen LogP contribution >= 0.6 is 11.5 Å². The first-order valence-electron chi connectivity index (χ1n) is 8.49. The summed E-state index contributed by atoms with van der Waals surface area (Å²) in [5.41, 5.74) is 1.94. The Kier molecular flexibility index (Phi) is 5.26. The zero-order valence-electron chi connectivity index (χ0n) is 14.2. The predicted octanol–water partition coefficient (Wildman–Crippen LogP) is 3.24. The fourth-order valence-corrected chi connectivity index (χ4v) is 4.05. The molecule has 6 heteroatoms. The van der Waals surface area contributed by atoms with E-state index < -0.39 is 0 Å². The van der Waals surface area contributed by atoms with E-state index in [-0.39, 0.29) is 17.5 Å². The fraction of sp³-hybridized carbons (Fsp3) is 0.500. The van der Waals surface area contributed by atoms with Gasteiger partial charge in [-0.25, -0.2) is 0 Å². The molecule has 1 amide bonds. The molecule has 2 N–H and O–H groups in total. The number of hydrogen-bond donors (Lipinski definition) is 2. The monoisotopic (exact) mass is 344 g/mol. The van der Waals surface area contributed by atoms with Crippen molar-refractivity contribution in [3.8, 4) is 0 Å². The van der Waals surface area contributed by atoms with Crippen molar-refractivity contribution in [2.75, 3.05) is 6.54 Å². The lowest BCUT2D eigenvalue weighted by molar-refractivity contribution is 0.0940. The van der Waals surface area contributed by atoms with Crippen LogP contribution in [0.1, 0.15) is 59.6 Å². The first-order valence-corrected chi connectivity index (χ1v) is 9.27. The van der Waals surface area contributed by atoms with Crippen molar-refractivity contribution in [3.63, 3.8) is 0 Å². The molecule has 0 radical (unpaired) electrons. The number of nitrogens with zero attached hydrogens (tertiary/aromatic N) is 2. The van der Waals surface area contributed by atoms with Crippen molar-refractivity contribution in [2.45, 2.75) is 51.1 Å². The molecule has 1 fully saturated rings. The molecule has 1 aromatic carbocycles. The van der Waals surface area contributed by atoms with Crippen LogP contribution in [0.25, 0.3) is 0 Å². The molecule has 0 saturated heterocycles. The summed E-state index contributed by atoms with van der Waals surface area (Å²) in [6.07, 6.45) is 4.58. The van der Waals surface area contributed by atoms with Crippen molar-refractivity contribution < 1.29 is 4.79 Å². The molecule has 24 heavy (non-hydrogen) atoms. The van der Waals surface area contributed by atoms with Gasteiger partial charge in [0.1, 0.15) is 4.88 Å². The van der Waals surface area contributed by atoms with Crippen LogP contribution in [0.15, 0.2) is 30.3 Å². The molecule has 1 atom stereocenters. The van der Waals surface area contributed by atoms with Gasteiger partial charge in [-0.1, -0.05) is 47.7 Å². The Morgan fingerprint density at radius 3 is 2.62 bits per heavy atom. The lowest BCUT2D eigenvalue weighted by Gasteiger charge is -2.34. The van der Waals surface area contributed by atoms with E-state index in [4.69, 9.17) is 0 Å². The summed E-state index contributed by atoms with van der Waals surface area (Å²) in [5.74, 6) is -0.0667. The first-order chi connectivity index (χ1) is 11.6. The number of aryl methyl sites for hydroxylation is 1. The third kappa shape index (κ3) is 3.82. The maximum Gasteiger partial charge on any atom is 0.265 e. The van der Waals surface area contributed by atoms with Crippen LogP contribution in [-0.4, -0.2) is 27.6 Å². The van der Waals surface area contributed by atoms with Gasteiger partial charge in [0.15, 0.2) is 0 Å². The molecular formula is C18H24N4OS. The van der Waals surface area contributed by atoms with Gasteiger partial charge in [-0.15, -0.1) is 5.10 Å². The van der Waals surface area contributed by atoms with Gasteiger partial charge in [-0.2, -0.15) is 0 Å². The first kappa shape index (κ1) is 17.0. The maximum absolute atomic E-state index is 12.4. The molecule has 1 heterocycles. The predicted molar refractivity (Wildman–Crippen MR) is 96.2 cm³/mol. The number of benzene rings is 1. The average Bonchev–Trinajstić information content (AvgIpc) is 3.23. The van der Waals surface area contributed by atoms with Crippen LogP contribution in [0.2, 0.25) is 0 Å². The standard InChI is InChI=1S/C18H24N4OS/c1-13(15-8-4-3-5-9-15)20-18(10-6-7-11-18)12-19-17(23)16-14(2)21-22-24-16/h3-5,8-9,13,20H,6-7,10-12H2,1-2H3,(H,19,23)/t13-/m0/s1. The van der Waals surface area contributed by atoms with Crippen molar-refractivity contribution in [1.29, 1.82) is 0 Å². The normalized spacial score (nSPS) is 17.6. The van der Waals surface area contributed by atoms with Crippen molar-refractivity contribution in [2.24, 2.45) is 0 Å². The van der Waals surface area contributed by atoms with Crippen LogP contribution in [0.4, 0.5) is 0 Å². The number of hydrogen-bond acceptors (Lipinski definition) is 5. The van der Waals surface area contributed by atoms with E-state index >= 15 is 0 Å². The number of carbonyl (C=O) groups is 1. The molecular weight excluding hydrogens is 320 g/mol. The van der Waals surface area contributed by atoms with Gasteiger partial charge in [0.05, 0.1) is 5.69 Å². The lowest BCUT2D eigenvalue weighted by Crippen LogP contribution is -2.52. The second kappa shape index (κ2) is 7.40. The molecule has 5 nitrogen and oxygen atoms in total. The Bertz CT molecular complexity index is 679. The van der Waals surface area contributed by atoms with Gasteiger partial charge in [0.2, 0.25) is 0 Å². The summed E-state index contributed by atoms with van der Waals surface area (Å²) in [5, 5.41) is 10.8. The highest BCUT2D eigenvalue weighted by Crippen LogP contribution is 2.32. The Labute approximate surface area is 147 Å². The van der Waals surface area contributed by atoms with Gasteiger partial charge < -0.3 is 10.6 Å².